The van der Waals surface area contributed by atoms with E-state index in [0.717, 1.165) is 16.9 Å². The van der Waals surface area contributed by atoms with Crippen molar-refractivity contribution in [2.24, 2.45) is 0 Å². The number of nitrogens with one attached hydrogen (secondary N) is 2. The van der Waals surface area contributed by atoms with E-state index in [1.165, 1.54) is 11.4 Å². The number of aromatic amines is 1. The smallest absolute Gasteiger partial charge is 0.387 e. The molecule has 1 amide bonds. The van der Waals surface area contributed by atoms with Gasteiger partial charge in [-0.15, -0.1) is 11.3 Å². The second-order valence-corrected chi connectivity index (χ2v) is 5.38. The molecule has 0 atom stereocenters. The number of hydrogen-bond acceptors (Lipinski definition) is 4. The molecular weight excluding hydrogens is 324 g/mol. The van der Waals surface area contributed by atoms with E-state index in [9.17, 15) is 13.6 Å². The molecule has 8 heteroatoms. The first kappa shape index (κ1) is 15.2. The summed E-state index contributed by atoms with van der Waals surface area (Å²) in [5, 5.41) is 4.17. The zero-order valence-corrected chi connectivity index (χ0v) is 12.4. The van der Waals surface area contributed by atoms with Crippen molar-refractivity contribution < 1.29 is 18.3 Å². The predicted octanol–water partition coefficient (Wildman–Crippen LogP) is 3.99. The number of rotatable bonds is 5. The topological polar surface area (TPSA) is 67.0 Å². The molecule has 0 saturated carbocycles. The molecule has 0 aliphatic rings. The zero-order valence-electron chi connectivity index (χ0n) is 11.6. The molecule has 2 heterocycles. The number of hydrogen-bond donors (Lipinski definition) is 2. The van der Waals surface area contributed by atoms with Gasteiger partial charge in [-0.2, -0.15) is 8.78 Å². The van der Waals surface area contributed by atoms with Crippen LogP contribution in [0.15, 0.2) is 48.1 Å². The van der Waals surface area contributed by atoms with Crippen LogP contribution < -0.4 is 10.1 Å². The lowest BCUT2D eigenvalue weighted by Crippen LogP contribution is -2.12. The molecule has 0 unspecified atom stereocenters. The highest BCUT2D eigenvalue weighted by atomic mass is 32.1. The number of alkyl halides is 2. The molecule has 1 aromatic carbocycles. The Morgan fingerprint density at radius 1 is 1.26 bits per heavy atom. The van der Waals surface area contributed by atoms with Crippen molar-refractivity contribution in [2.75, 3.05) is 5.32 Å². The molecule has 23 heavy (non-hydrogen) atoms. The first-order valence-electron chi connectivity index (χ1n) is 6.57. The fourth-order valence-corrected chi connectivity index (χ4v) is 2.69. The van der Waals surface area contributed by atoms with Crippen LogP contribution in [0.4, 0.5) is 14.5 Å². The highest BCUT2D eigenvalue weighted by Crippen LogP contribution is 2.27. The Hall–Kier alpha value is -2.74. The van der Waals surface area contributed by atoms with E-state index in [-0.39, 0.29) is 10.6 Å². The van der Waals surface area contributed by atoms with Crippen molar-refractivity contribution in [3.63, 3.8) is 0 Å². The summed E-state index contributed by atoms with van der Waals surface area (Å²) in [6.45, 7) is -2.97. The Balaban J connectivity index is 1.72. The quantitative estimate of drug-likeness (QED) is 0.741. The lowest BCUT2D eigenvalue weighted by Gasteiger charge is -2.07. The van der Waals surface area contributed by atoms with Gasteiger partial charge in [-0.1, -0.05) is 0 Å². The van der Waals surface area contributed by atoms with Gasteiger partial charge in [-0.3, -0.25) is 4.79 Å². The molecule has 0 aliphatic heterocycles. The van der Waals surface area contributed by atoms with Crippen molar-refractivity contribution in [2.45, 2.75) is 6.61 Å². The Morgan fingerprint density at radius 2 is 2.04 bits per heavy atom. The summed E-state index contributed by atoms with van der Waals surface area (Å²) in [6.07, 6.45) is 3.36. The Kier molecular flexibility index (Phi) is 4.33. The van der Waals surface area contributed by atoms with E-state index >= 15 is 0 Å². The number of carbonyl (C=O) groups excluding carboxylic acids is 1. The van der Waals surface area contributed by atoms with E-state index in [1.54, 1.807) is 36.7 Å². The van der Waals surface area contributed by atoms with Gasteiger partial charge in [0.25, 0.3) is 5.91 Å². The van der Waals surface area contributed by atoms with E-state index in [2.05, 4.69) is 20.0 Å². The first-order chi connectivity index (χ1) is 11.1. The highest BCUT2D eigenvalue weighted by Gasteiger charge is 2.17. The third kappa shape index (κ3) is 3.54. The fraction of sp³-hybridized carbons (Fsp3) is 0.0667. The van der Waals surface area contributed by atoms with Crippen LogP contribution in [0.2, 0.25) is 0 Å². The molecule has 2 aromatic heterocycles. The maximum absolute atomic E-state index is 12.3. The number of benzene rings is 1. The molecule has 0 spiro atoms. The van der Waals surface area contributed by atoms with Crippen molar-refractivity contribution in [3.8, 4) is 17.1 Å². The minimum Gasteiger partial charge on any atom is -0.433 e. The van der Waals surface area contributed by atoms with Crippen LogP contribution >= 0.6 is 11.3 Å². The summed E-state index contributed by atoms with van der Waals surface area (Å²) in [6, 6.07) is 8.33. The second-order valence-electron chi connectivity index (χ2n) is 4.46. The van der Waals surface area contributed by atoms with E-state index in [4.69, 9.17) is 0 Å². The highest BCUT2D eigenvalue weighted by molar-refractivity contribution is 7.12. The molecule has 0 bridgehead atoms. The van der Waals surface area contributed by atoms with Crippen LogP contribution in [0, 0.1) is 0 Å². The van der Waals surface area contributed by atoms with E-state index in [1.807, 2.05) is 0 Å². The predicted molar refractivity (Wildman–Crippen MR) is 82.9 cm³/mol. The number of thiophene rings is 1. The zero-order chi connectivity index (χ0) is 16.2. The van der Waals surface area contributed by atoms with Crippen LogP contribution in [-0.2, 0) is 0 Å². The summed E-state index contributed by atoms with van der Waals surface area (Å²) in [5.74, 6) is 0.0878. The van der Waals surface area contributed by atoms with Gasteiger partial charge >= 0.3 is 6.61 Å². The molecule has 3 rings (SSSR count). The number of imidazole rings is 1. The lowest BCUT2D eigenvalue weighted by atomic mass is 10.2. The van der Waals surface area contributed by atoms with Gasteiger partial charge in [0, 0.05) is 23.6 Å². The van der Waals surface area contributed by atoms with Crippen molar-refractivity contribution in [3.05, 3.63) is 53.0 Å². The number of ether oxygens (including phenoxy) is 1. The Morgan fingerprint density at radius 3 is 2.70 bits per heavy atom. The number of halogens is 2. The fourth-order valence-electron chi connectivity index (χ4n) is 1.97. The van der Waals surface area contributed by atoms with Gasteiger partial charge in [-0.05, 0) is 35.7 Å². The van der Waals surface area contributed by atoms with Gasteiger partial charge < -0.3 is 15.0 Å². The maximum atomic E-state index is 12.3. The number of nitrogens with zero attached hydrogens (tertiary/aromatic N) is 1. The van der Waals surface area contributed by atoms with Crippen molar-refractivity contribution in [1.29, 1.82) is 0 Å². The number of aromatic nitrogens is 2. The first-order valence-corrected chi connectivity index (χ1v) is 7.45. The number of carbonyl (C=O) groups is 1. The number of anilines is 1. The lowest BCUT2D eigenvalue weighted by molar-refractivity contribution is -0.0498. The molecule has 0 radical (unpaired) electrons. The molecule has 0 aliphatic carbocycles. The van der Waals surface area contributed by atoms with Gasteiger partial charge in [0.15, 0.2) is 0 Å². The molecule has 5 nitrogen and oxygen atoms in total. The third-order valence-corrected chi connectivity index (χ3v) is 3.86. The van der Waals surface area contributed by atoms with Gasteiger partial charge in [-0.25, -0.2) is 4.98 Å². The summed E-state index contributed by atoms with van der Waals surface area (Å²) in [5.41, 5.74) is 1.41. The summed E-state index contributed by atoms with van der Waals surface area (Å²) in [4.78, 5) is 19.4. The van der Waals surface area contributed by atoms with Gasteiger partial charge in [0.05, 0.1) is 0 Å². The second kappa shape index (κ2) is 6.57. The minimum atomic E-state index is -2.97. The van der Waals surface area contributed by atoms with Crippen LogP contribution in [0.25, 0.3) is 11.4 Å². The number of amides is 1. The Labute approximate surface area is 134 Å². The summed E-state index contributed by atoms with van der Waals surface area (Å²) >= 11 is 1.03. The molecule has 0 saturated heterocycles. The summed E-state index contributed by atoms with van der Waals surface area (Å²) in [7, 11) is 0. The molecule has 118 valence electrons. The monoisotopic (exact) mass is 335 g/mol. The third-order valence-electron chi connectivity index (χ3n) is 2.97. The van der Waals surface area contributed by atoms with E-state index in [0.29, 0.717) is 11.5 Å². The van der Waals surface area contributed by atoms with Crippen LogP contribution in [-0.4, -0.2) is 22.5 Å². The normalized spacial score (nSPS) is 10.7. The van der Waals surface area contributed by atoms with Crippen LogP contribution in [0.3, 0.4) is 0 Å². The molecule has 3 aromatic rings. The summed E-state index contributed by atoms with van der Waals surface area (Å²) < 4.78 is 28.9. The largest absolute Gasteiger partial charge is 0.433 e. The SMILES string of the molecule is O=C(Nc1ccc(-c2ncc[nH]2)cc1)c1sccc1OC(F)F. The average molecular weight is 335 g/mol. The van der Waals surface area contributed by atoms with Crippen LogP contribution in [0.5, 0.6) is 5.75 Å². The molecule has 2 N–H and O–H groups in total. The van der Waals surface area contributed by atoms with Gasteiger partial charge in [0.1, 0.15) is 16.5 Å². The Bertz CT molecular complexity index is 785. The van der Waals surface area contributed by atoms with Crippen LogP contribution in [0.1, 0.15) is 9.67 Å². The van der Waals surface area contributed by atoms with Crippen molar-refractivity contribution >= 4 is 22.9 Å². The average Bonchev–Trinajstić information content (AvgIpc) is 3.18. The van der Waals surface area contributed by atoms with Gasteiger partial charge in [0.2, 0.25) is 0 Å². The standard InChI is InChI=1S/C15H11F2N3O2S/c16-15(17)22-11-5-8-23-12(11)14(21)20-10-3-1-9(2-4-10)13-18-6-7-19-13/h1-8,15H,(H,18,19)(H,20,21). The van der Waals surface area contributed by atoms with E-state index < -0.39 is 12.5 Å². The van der Waals surface area contributed by atoms with Crippen molar-refractivity contribution in [1.82, 2.24) is 9.97 Å². The maximum Gasteiger partial charge on any atom is 0.387 e. The number of H-pyrrole nitrogens is 1. The minimum absolute atomic E-state index is 0.0976. The molecular formula is C15H11F2N3O2S. The molecule has 0 fully saturated rings.